The number of hydrogen-bond donors (Lipinski definition) is 2. The van der Waals surface area contributed by atoms with E-state index in [0.29, 0.717) is 13.1 Å². The molecular formula is C17H22N6OS. The number of carbonyl (C=O) groups is 1. The largest absolute Gasteiger partial charge is 0.335 e. The topological polar surface area (TPSA) is 78.8 Å². The molecule has 1 atom stereocenters. The molecule has 0 radical (unpaired) electrons. The van der Waals surface area contributed by atoms with Gasteiger partial charge < -0.3 is 14.8 Å². The maximum absolute atomic E-state index is 12.4. The van der Waals surface area contributed by atoms with Crippen molar-refractivity contribution in [1.29, 1.82) is 0 Å². The summed E-state index contributed by atoms with van der Waals surface area (Å²) in [5, 5.41) is 12.4. The van der Waals surface area contributed by atoms with Crippen LogP contribution in [0.25, 0.3) is 10.6 Å². The molecule has 132 valence electrons. The summed E-state index contributed by atoms with van der Waals surface area (Å²) in [4.78, 5) is 19.2. The van der Waals surface area contributed by atoms with Crippen LogP contribution in [0, 0.1) is 0 Å². The summed E-state index contributed by atoms with van der Waals surface area (Å²) in [6.45, 7) is 3.25. The molecule has 0 fully saturated rings. The van der Waals surface area contributed by atoms with Gasteiger partial charge >= 0.3 is 6.03 Å². The third-order valence-electron chi connectivity index (χ3n) is 3.97. The van der Waals surface area contributed by atoms with Crippen LogP contribution in [0.4, 0.5) is 4.79 Å². The fourth-order valence-corrected chi connectivity index (χ4v) is 3.22. The second kappa shape index (κ2) is 7.98. The van der Waals surface area contributed by atoms with Gasteiger partial charge in [-0.25, -0.2) is 9.78 Å². The molecule has 0 saturated carbocycles. The van der Waals surface area contributed by atoms with Crippen LogP contribution in [0.3, 0.4) is 0 Å². The first-order valence-electron chi connectivity index (χ1n) is 8.21. The molecule has 7 nitrogen and oxygen atoms in total. The molecule has 0 bridgehead atoms. The lowest BCUT2D eigenvalue weighted by molar-refractivity contribution is 0.200. The molecule has 2 N–H and O–H groups in total. The van der Waals surface area contributed by atoms with Crippen molar-refractivity contribution < 1.29 is 4.79 Å². The highest BCUT2D eigenvalue weighted by Gasteiger charge is 2.16. The normalized spacial score (nSPS) is 12.1. The molecule has 25 heavy (non-hydrogen) atoms. The highest BCUT2D eigenvalue weighted by molar-refractivity contribution is 7.13. The Balaban J connectivity index is 1.55. The molecular weight excluding hydrogens is 336 g/mol. The van der Waals surface area contributed by atoms with Crippen molar-refractivity contribution >= 4 is 17.4 Å². The Morgan fingerprint density at radius 2 is 2.40 bits per heavy atom. The zero-order chi connectivity index (χ0) is 17.6. The number of nitrogens with zero attached hydrogens (tertiary/aromatic N) is 4. The van der Waals surface area contributed by atoms with Gasteiger partial charge in [0, 0.05) is 32.0 Å². The van der Waals surface area contributed by atoms with E-state index in [-0.39, 0.29) is 12.1 Å². The maximum atomic E-state index is 12.4. The predicted molar refractivity (Wildman–Crippen MR) is 98.2 cm³/mol. The van der Waals surface area contributed by atoms with Crippen molar-refractivity contribution in [2.24, 2.45) is 0 Å². The van der Waals surface area contributed by atoms with Crippen molar-refractivity contribution in [3.63, 3.8) is 0 Å². The summed E-state index contributed by atoms with van der Waals surface area (Å²) in [5.41, 5.74) is 1.81. The molecule has 8 heteroatoms. The zero-order valence-electron chi connectivity index (χ0n) is 14.3. The smallest absolute Gasteiger partial charge is 0.317 e. The molecule has 3 aromatic heterocycles. The first-order chi connectivity index (χ1) is 12.2. The minimum atomic E-state index is -0.0979. The highest BCUT2D eigenvalue weighted by atomic mass is 32.1. The minimum absolute atomic E-state index is 0.0626. The van der Waals surface area contributed by atoms with Crippen LogP contribution in [-0.2, 0) is 13.1 Å². The van der Waals surface area contributed by atoms with Crippen molar-refractivity contribution in [3.8, 4) is 10.6 Å². The van der Waals surface area contributed by atoms with Gasteiger partial charge in [0.15, 0.2) is 0 Å². The van der Waals surface area contributed by atoms with E-state index in [1.165, 1.54) is 0 Å². The number of H-pyrrole nitrogens is 1. The molecule has 0 aliphatic carbocycles. The number of thiophene rings is 1. The van der Waals surface area contributed by atoms with E-state index in [1.54, 1.807) is 35.8 Å². The fraction of sp³-hybridized carbons (Fsp3) is 0.353. The number of carbonyl (C=O) groups excluding carboxylic acids is 1. The van der Waals surface area contributed by atoms with Crippen LogP contribution >= 0.6 is 11.3 Å². The van der Waals surface area contributed by atoms with Gasteiger partial charge in [-0.3, -0.25) is 5.10 Å². The van der Waals surface area contributed by atoms with Crippen molar-refractivity contribution in [2.45, 2.75) is 32.5 Å². The first-order valence-corrected chi connectivity index (χ1v) is 9.09. The van der Waals surface area contributed by atoms with E-state index in [0.717, 1.165) is 22.7 Å². The standard InChI is InChI=1S/C17H22N6OS/c1-3-13(11-23-7-6-18-12-23)19-17(24)22(2)10-14-9-15(21-20-14)16-5-4-8-25-16/h4-9,12-13H,3,10-11H2,1-2H3,(H,19,24)(H,20,21). The lowest BCUT2D eigenvalue weighted by Gasteiger charge is -2.22. The summed E-state index contributed by atoms with van der Waals surface area (Å²) in [6, 6.07) is 5.98. The average Bonchev–Trinajstić information content (AvgIpc) is 3.35. The molecule has 3 rings (SSSR count). The van der Waals surface area contributed by atoms with Crippen molar-refractivity contribution in [1.82, 2.24) is 30.0 Å². The van der Waals surface area contributed by atoms with Crippen LogP contribution in [0.5, 0.6) is 0 Å². The molecule has 0 aromatic carbocycles. The molecule has 0 saturated heterocycles. The van der Waals surface area contributed by atoms with Gasteiger partial charge in [0.25, 0.3) is 0 Å². The lowest BCUT2D eigenvalue weighted by atomic mass is 10.2. The Kier molecular flexibility index (Phi) is 5.49. The quantitative estimate of drug-likeness (QED) is 0.681. The van der Waals surface area contributed by atoms with Gasteiger partial charge in [0.05, 0.1) is 23.4 Å². The van der Waals surface area contributed by atoms with Gasteiger partial charge in [-0.2, -0.15) is 5.10 Å². The minimum Gasteiger partial charge on any atom is -0.335 e. The van der Waals surface area contributed by atoms with Gasteiger partial charge in [-0.15, -0.1) is 11.3 Å². The van der Waals surface area contributed by atoms with Crippen LogP contribution in [0.2, 0.25) is 0 Å². The third kappa shape index (κ3) is 4.48. The van der Waals surface area contributed by atoms with E-state index in [2.05, 4.69) is 27.4 Å². The number of aromatic nitrogens is 4. The Morgan fingerprint density at radius 3 is 3.08 bits per heavy atom. The van der Waals surface area contributed by atoms with Crippen LogP contribution in [0.1, 0.15) is 19.0 Å². The van der Waals surface area contributed by atoms with E-state index >= 15 is 0 Å². The number of nitrogens with one attached hydrogen (secondary N) is 2. The molecule has 2 amide bonds. The second-order valence-corrected chi connectivity index (χ2v) is 6.87. The number of hydrogen-bond acceptors (Lipinski definition) is 4. The van der Waals surface area contributed by atoms with Crippen LogP contribution < -0.4 is 5.32 Å². The van der Waals surface area contributed by atoms with E-state index in [4.69, 9.17) is 0 Å². The Morgan fingerprint density at radius 1 is 1.52 bits per heavy atom. The highest BCUT2D eigenvalue weighted by Crippen LogP contribution is 2.23. The number of rotatable bonds is 7. The monoisotopic (exact) mass is 358 g/mol. The third-order valence-corrected chi connectivity index (χ3v) is 4.86. The van der Waals surface area contributed by atoms with Crippen LogP contribution in [0.15, 0.2) is 42.3 Å². The van der Waals surface area contributed by atoms with Gasteiger partial charge in [0.2, 0.25) is 0 Å². The predicted octanol–water partition coefficient (Wildman–Crippen LogP) is 2.95. The van der Waals surface area contributed by atoms with E-state index in [9.17, 15) is 4.79 Å². The number of aromatic amines is 1. The first kappa shape index (κ1) is 17.2. The van der Waals surface area contributed by atoms with Crippen molar-refractivity contribution in [3.05, 3.63) is 48.0 Å². The molecule has 0 aliphatic heterocycles. The van der Waals surface area contributed by atoms with Gasteiger partial charge in [-0.05, 0) is 23.9 Å². The Hall–Kier alpha value is -2.61. The number of imidazole rings is 1. The summed E-state index contributed by atoms with van der Waals surface area (Å²) >= 11 is 1.64. The fourth-order valence-electron chi connectivity index (χ4n) is 2.53. The van der Waals surface area contributed by atoms with Gasteiger partial charge in [0.1, 0.15) is 5.69 Å². The zero-order valence-corrected chi connectivity index (χ0v) is 15.2. The summed E-state index contributed by atoms with van der Waals surface area (Å²) < 4.78 is 1.97. The maximum Gasteiger partial charge on any atom is 0.317 e. The number of amides is 2. The average molecular weight is 358 g/mol. The molecule has 0 aliphatic rings. The van der Waals surface area contributed by atoms with E-state index < -0.39 is 0 Å². The van der Waals surface area contributed by atoms with E-state index in [1.807, 2.05) is 34.3 Å². The Labute approximate surface area is 150 Å². The number of urea groups is 1. The lowest BCUT2D eigenvalue weighted by Crippen LogP contribution is -2.44. The summed E-state index contributed by atoms with van der Waals surface area (Å²) in [6.07, 6.45) is 6.25. The van der Waals surface area contributed by atoms with Gasteiger partial charge in [-0.1, -0.05) is 13.0 Å². The molecule has 3 aromatic rings. The van der Waals surface area contributed by atoms with Crippen molar-refractivity contribution in [2.75, 3.05) is 7.05 Å². The van der Waals surface area contributed by atoms with Crippen LogP contribution in [-0.4, -0.2) is 43.8 Å². The molecule has 0 spiro atoms. The molecule has 3 heterocycles. The molecule has 1 unspecified atom stereocenters. The summed E-state index contributed by atoms with van der Waals surface area (Å²) in [7, 11) is 1.78. The second-order valence-electron chi connectivity index (χ2n) is 5.93. The SMILES string of the molecule is CCC(Cn1ccnc1)NC(=O)N(C)Cc1cc(-c2cccs2)n[nH]1. The Bertz CT molecular complexity index is 780. The summed E-state index contributed by atoms with van der Waals surface area (Å²) in [5.74, 6) is 0.